The summed E-state index contributed by atoms with van der Waals surface area (Å²) in [6, 6.07) is 11.1. The predicted octanol–water partition coefficient (Wildman–Crippen LogP) is 3.83. The smallest absolute Gasteiger partial charge is 0.343 e. The number of nitrogens with zero attached hydrogens (tertiary/aromatic N) is 4. The van der Waals surface area contributed by atoms with E-state index in [-0.39, 0.29) is 29.4 Å². The van der Waals surface area contributed by atoms with Gasteiger partial charge in [-0.1, -0.05) is 11.6 Å². The van der Waals surface area contributed by atoms with Gasteiger partial charge in [0.05, 0.1) is 23.3 Å². The third kappa shape index (κ3) is 6.01. The Hall–Kier alpha value is -4.25. The molecule has 0 fully saturated rings. The standard InChI is InChI=1S/C23H22ClN5O6/c1-13(25-26-21(30)12-28-15(3)22(29(32)33)14(2)27-28)17-7-10-19(20(11-17)34-4)35-23(31)16-5-8-18(24)9-6-16/h5-11H,12H2,1-4H3,(H,26,30)/b25-13+. The minimum Gasteiger partial charge on any atom is -0.493 e. The fourth-order valence-corrected chi connectivity index (χ4v) is 3.34. The first-order chi connectivity index (χ1) is 16.6. The van der Waals surface area contributed by atoms with Gasteiger partial charge in [-0.15, -0.1) is 0 Å². The number of carbonyl (C=O) groups is 2. The summed E-state index contributed by atoms with van der Waals surface area (Å²) in [6.07, 6.45) is 0. The number of aromatic nitrogens is 2. The number of esters is 1. The van der Waals surface area contributed by atoms with Crippen LogP contribution in [0.1, 0.15) is 34.2 Å². The summed E-state index contributed by atoms with van der Waals surface area (Å²) in [6.45, 7) is 4.46. The third-order valence-corrected chi connectivity index (χ3v) is 5.28. The van der Waals surface area contributed by atoms with Crippen LogP contribution in [0.2, 0.25) is 5.02 Å². The van der Waals surface area contributed by atoms with Crippen molar-refractivity contribution in [1.29, 1.82) is 0 Å². The van der Waals surface area contributed by atoms with Gasteiger partial charge in [-0.3, -0.25) is 19.6 Å². The van der Waals surface area contributed by atoms with E-state index in [9.17, 15) is 19.7 Å². The number of hydrogen-bond donors (Lipinski definition) is 1. The first kappa shape index (κ1) is 25.4. The lowest BCUT2D eigenvalue weighted by molar-refractivity contribution is -0.386. The summed E-state index contributed by atoms with van der Waals surface area (Å²) in [5, 5.41) is 19.7. The largest absolute Gasteiger partial charge is 0.493 e. The van der Waals surface area contributed by atoms with Gasteiger partial charge in [0, 0.05) is 10.6 Å². The third-order valence-electron chi connectivity index (χ3n) is 5.03. The van der Waals surface area contributed by atoms with Crippen molar-refractivity contribution in [3.63, 3.8) is 0 Å². The molecule has 0 spiro atoms. The van der Waals surface area contributed by atoms with Gasteiger partial charge >= 0.3 is 11.7 Å². The molecule has 0 unspecified atom stereocenters. The van der Waals surface area contributed by atoms with Crippen molar-refractivity contribution in [3.8, 4) is 11.5 Å². The fraction of sp³-hybridized carbons (Fsp3) is 0.217. The molecule has 1 N–H and O–H groups in total. The molecule has 182 valence electrons. The molecule has 1 heterocycles. The molecule has 0 radical (unpaired) electrons. The van der Waals surface area contributed by atoms with E-state index >= 15 is 0 Å². The van der Waals surface area contributed by atoms with Gasteiger partial charge in [0.1, 0.15) is 17.9 Å². The van der Waals surface area contributed by atoms with Crippen LogP contribution in [-0.4, -0.2) is 39.4 Å². The summed E-state index contributed by atoms with van der Waals surface area (Å²) in [5.74, 6) is -0.583. The lowest BCUT2D eigenvalue weighted by atomic mass is 10.1. The fourth-order valence-electron chi connectivity index (χ4n) is 3.21. The number of methoxy groups -OCH3 is 1. The number of benzene rings is 2. The van der Waals surface area contributed by atoms with E-state index in [1.807, 2.05) is 0 Å². The Morgan fingerprint density at radius 3 is 2.40 bits per heavy atom. The van der Waals surface area contributed by atoms with Crippen LogP contribution < -0.4 is 14.9 Å². The SMILES string of the molecule is COc1cc(/C(C)=N/NC(=O)Cn2nc(C)c([N+](=O)[O-])c2C)ccc1OC(=O)c1ccc(Cl)cc1. The van der Waals surface area contributed by atoms with Crippen molar-refractivity contribution in [2.45, 2.75) is 27.3 Å². The van der Waals surface area contributed by atoms with Crippen molar-refractivity contribution in [3.05, 3.63) is 80.1 Å². The van der Waals surface area contributed by atoms with Crippen molar-refractivity contribution < 1.29 is 24.0 Å². The predicted molar refractivity (Wildman–Crippen MR) is 128 cm³/mol. The average Bonchev–Trinajstić information content (AvgIpc) is 3.10. The number of amides is 1. The van der Waals surface area contributed by atoms with Gasteiger partial charge in [0.25, 0.3) is 5.91 Å². The molecule has 1 amide bonds. The molecule has 2 aromatic carbocycles. The average molecular weight is 500 g/mol. The summed E-state index contributed by atoms with van der Waals surface area (Å²) in [7, 11) is 1.43. The molecular weight excluding hydrogens is 478 g/mol. The summed E-state index contributed by atoms with van der Waals surface area (Å²) in [5.41, 5.74) is 4.17. The maximum absolute atomic E-state index is 12.4. The number of ether oxygens (including phenoxy) is 2. The van der Waals surface area contributed by atoms with Crippen molar-refractivity contribution in [1.82, 2.24) is 15.2 Å². The Kier molecular flexibility index (Phi) is 7.82. The van der Waals surface area contributed by atoms with E-state index in [0.717, 1.165) is 0 Å². The van der Waals surface area contributed by atoms with Crippen molar-refractivity contribution >= 4 is 34.9 Å². The van der Waals surface area contributed by atoms with E-state index in [1.165, 1.54) is 25.6 Å². The zero-order chi connectivity index (χ0) is 25.7. The normalized spacial score (nSPS) is 11.2. The quantitative estimate of drug-likeness (QED) is 0.163. The van der Waals surface area contributed by atoms with Gasteiger partial charge in [0.2, 0.25) is 0 Å². The maximum Gasteiger partial charge on any atom is 0.343 e. The van der Waals surface area contributed by atoms with Gasteiger partial charge in [-0.05, 0) is 63.2 Å². The van der Waals surface area contributed by atoms with Gasteiger partial charge < -0.3 is 9.47 Å². The Bertz CT molecular complexity index is 1320. The van der Waals surface area contributed by atoms with E-state index in [0.29, 0.717) is 27.6 Å². The molecule has 0 aliphatic heterocycles. The van der Waals surface area contributed by atoms with Crippen LogP contribution in [0.25, 0.3) is 0 Å². The number of hydrazone groups is 1. The van der Waals surface area contributed by atoms with Crippen molar-refractivity contribution in [2.24, 2.45) is 5.10 Å². The number of hydrogen-bond acceptors (Lipinski definition) is 8. The molecule has 35 heavy (non-hydrogen) atoms. The van der Waals surface area contributed by atoms with Gasteiger partial charge in [0.15, 0.2) is 11.5 Å². The van der Waals surface area contributed by atoms with Crippen molar-refractivity contribution in [2.75, 3.05) is 7.11 Å². The first-order valence-electron chi connectivity index (χ1n) is 10.3. The minimum absolute atomic E-state index is 0.124. The lowest BCUT2D eigenvalue weighted by Gasteiger charge is -2.11. The van der Waals surface area contributed by atoms with Gasteiger partial charge in [-0.25, -0.2) is 10.2 Å². The van der Waals surface area contributed by atoms with Crippen LogP contribution >= 0.6 is 11.6 Å². The van der Waals surface area contributed by atoms with E-state index in [4.69, 9.17) is 21.1 Å². The number of halogens is 1. The highest BCUT2D eigenvalue weighted by Crippen LogP contribution is 2.29. The van der Waals surface area contributed by atoms with E-state index in [2.05, 4.69) is 15.6 Å². The molecule has 1 aromatic heterocycles. The molecule has 3 rings (SSSR count). The number of nitrogens with one attached hydrogen (secondary N) is 1. The number of rotatable bonds is 8. The Balaban J connectivity index is 1.69. The molecule has 0 atom stereocenters. The molecule has 0 saturated carbocycles. The topological polar surface area (TPSA) is 138 Å². The van der Waals surface area contributed by atoms with Crippen LogP contribution in [0.15, 0.2) is 47.6 Å². The molecule has 0 saturated heterocycles. The van der Waals surface area contributed by atoms with E-state index < -0.39 is 16.8 Å². The van der Waals surface area contributed by atoms with Gasteiger partial charge in [-0.2, -0.15) is 10.2 Å². The van der Waals surface area contributed by atoms with Crippen LogP contribution in [0, 0.1) is 24.0 Å². The highest BCUT2D eigenvalue weighted by molar-refractivity contribution is 6.30. The number of aryl methyl sites for hydroxylation is 1. The maximum atomic E-state index is 12.4. The second kappa shape index (κ2) is 10.8. The zero-order valence-electron chi connectivity index (χ0n) is 19.4. The molecule has 3 aromatic rings. The second-order valence-electron chi connectivity index (χ2n) is 7.43. The highest BCUT2D eigenvalue weighted by atomic mass is 35.5. The summed E-state index contributed by atoms with van der Waals surface area (Å²) < 4.78 is 12.0. The number of nitro groups is 1. The molecular formula is C23H22ClN5O6. The molecule has 12 heteroatoms. The summed E-state index contributed by atoms with van der Waals surface area (Å²) in [4.78, 5) is 35.3. The van der Waals surface area contributed by atoms with Crippen LogP contribution in [-0.2, 0) is 11.3 Å². The molecule has 0 aliphatic carbocycles. The number of carbonyl (C=O) groups excluding carboxylic acids is 2. The van der Waals surface area contributed by atoms with Crippen LogP contribution in [0.5, 0.6) is 11.5 Å². The van der Waals surface area contributed by atoms with Crippen LogP contribution in [0.4, 0.5) is 5.69 Å². The zero-order valence-corrected chi connectivity index (χ0v) is 20.1. The Labute approximate surface area is 205 Å². The summed E-state index contributed by atoms with van der Waals surface area (Å²) >= 11 is 5.84. The molecule has 0 bridgehead atoms. The monoisotopic (exact) mass is 499 g/mol. The highest BCUT2D eigenvalue weighted by Gasteiger charge is 2.22. The molecule has 0 aliphatic rings. The Morgan fingerprint density at radius 1 is 1.14 bits per heavy atom. The Morgan fingerprint density at radius 2 is 1.80 bits per heavy atom. The van der Waals surface area contributed by atoms with E-state index in [1.54, 1.807) is 49.4 Å². The van der Waals surface area contributed by atoms with Crippen LogP contribution in [0.3, 0.4) is 0 Å². The lowest BCUT2D eigenvalue weighted by Crippen LogP contribution is -2.25. The first-order valence-corrected chi connectivity index (χ1v) is 10.7. The molecule has 11 nitrogen and oxygen atoms in total. The second-order valence-corrected chi connectivity index (χ2v) is 7.86. The minimum atomic E-state index is -0.574.